The van der Waals surface area contributed by atoms with Crippen LogP contribution in [0.1, 0.15) is 40.5 Å². The normalized spacial score (nSPS) is 42.0. The van der Waals surface area contributed by atoms with E-state index in [1.54, 1.807) is 0 Å². The molecule has 80 heavy (non-hydrogen) atoms. The standard InChI is InChI=1S/C44H72N4O32/c1-12(53)45-23-16(57)5-43(41(68)69,78-35(23)27(61)18(59)7-49)72-11-22-31(65)33(25(38(67)73-22)47-14(3)55)76-39-26(48-15(4)56)34(29(63)20(9-51)74-39)77-40-32(66)37(30(64)21(10-52)75-40)80-44(42(70)71)6-17(58)24(46-13(2)54)36(79-44)28(62)19(60)8-50/h16-40,49-52,57-67H,5-11H2,1-4H3,(H,45,53)(H,46,54)(H,47,55)(H,48,56)(H,68,69)(H,70,71)/t16-,17-,18+,19+,20+,21+,22+,23+,24+,25+,26+,27+,28+,29+,30-,31-,32+,33+,34+,35+,36+,37-,38-,39-,40-,43+,44-/m0/s1. The van der Waals surface area contributed by atoms with Gasteiger partial charge in [0.1, 0.15) is 110 Å². The summed E-state index contributed by atoms with van der Waals surface area (Å²) in [5.41, 5.74) is 0. The molecular weight excluding hydrogens is 1100 g/mol. The maximum Gasteiger partial charge on any atom is 0.364 e. The molecule has 5 heterocycles. The van der Waals surface area contributed by atoms with Gasteiger partial charge >= 0.3 is 11.9 Å². The van der Waals surface area contributed by atoms with Crippen LogP contribution in [0.25, 0.3) is 0 Å². The van der Waals surface area contributed by atoms with E-state index in [9.17, 15) is 116 Å². The van der Waals surface area contributed by atoms with Crippen molar-refractivity contribution in [3.8, 4) is 0 Å². The minimum absolute atomic E-state index is 0.808. The third-order valence-corrected chi connectivity index (χ3v) is 13.9. The Morgan fingerprint density at radius 1 is 0.512 bits per heavy atom. The van der Waals surface area contributed by atoms with Crippen molar-refractivity contribution in [3.63, 3.8) is 0 Å². The van der Waals surface area contributed by atoms with Gasteiger partial charge in [-0.2, -0.15) is 0 Å². The zero-order chi connectivity index (χ0) is 60.0. The van der Waals surface area contributed by atoms with E-state index in [2.05, 4.69) is 21.3 Å². The summed E-state index contributed by atoms with van der Waals surface area (Å²) in [4.78, 5) is 75.5. The van der Waals surface area contributed by atoms with E-state index in [0.717, 1.165) is 27.7 Å². The first kappa shape index (κ1) is 66.7. The number of carboxylic acid groups (broad SMARTS) is 2. The van der Waals surface area contributed by atoms with Crippen LogP contribution in [0.4, 0.5) is 0 Å². The van der Waals surface area contributed by atoms with Crippen LogP contribution in [0.2, 0.25) is 0 Å². The van der Waals surface area contributed by atoms with Gasteiger partial charge in [0.05, 0.1) is 57.3 Å². The lowest BCUT2D eigenvalue weighted by atomic mass is 9.88. The third-order valence-electron chi connectivity index (χ3n) is 13.9. The van der Waals surface area contributed by atoms with Crippen LogP contribution >= 0.6 is 0 Å². The number of rotatable bonds is 23. The fourth-order valence-corrected chi connectivity index (χ4v) is 9.93. The first-order valence-corrected chi connectivity index (χ1v) is 24.8. The van der Waals surface area contributed by atoms with Gasteiger partial charge in [0.25, 0.3) is 11.6 Å². The minimum atomic E-state index is -3.24. The van der Waals surface area contributed by atoms with E-state index in [1.807, 2.05) is 0 Å². The van der Waals surface area contributed by atoms with Gasteiger partial charge in [0.2, 0.25) is 23.6 Å². The van der Waals surface area contributed by atoms with Gasteiger partial charge < -0.3 is 151 Å². The summed E-state index contributed by atoms with van der Waals surface area (Å²) in [6.45, 7) is -1.88. The molecule has 0 saturated carbocycles. The molecule has 0 aliphatic carbocycles. The quantitative estimate of drug-likeness (QED) is 0.0452. The van der Waals surface area contributed by atoms with Crippen molar-refractivity contribution in [2.24, 2.45) is 0 Å². The highest BCUT2D eigenvalue weighted by Crippen LogP contribution is 2.40. The van der Waals surface area contributed by atoms with Crippen molar-refractivity contribution in [1.82, 2.24) is 21.3 Å². The summed E-state index contributed by atoms with van der Waals surface area (Å²) in [7, 11) is 0. The number of carbonyl (C=O) groups is 6. The molecular formula is C44H72N4O32. The van der Waals surface area contributed by atoms with E-state index in [4.69, 9.17) is 42.6 Å². The van der Waals surface area contributed by atoms with Gasteiger partial charge in [-0.15, -0.1) is 0 Å². The van der Waals surface area contributed by atoms with Crippen molar-refractivity contribution in [2.45, 2.75) is 205 Å². The highest BCUT2D eigenvalue weighted by Gasteiger charge is 2.62. The minimum Gasteiger partial charge on any atom is -0.477 e. The number of aliphatic hydroxyl groups is 15. The Kier molecular flexibility index (Phi) is 23.3. The molecule has 4 amide bonds. The molecule has 460 valence electrons. The van der Waals surface area contributed by atoms with Gasteiger partial charge in [-0.25, -0.2) is 9.59 Å². The lowest BCUT2D eigenvalue weighted by Gasteiger charge is -2.51. The predicted octanol–water partition coefficient (Wildman–Crippen LogP) is -12.9. The average Bonchev–Trinajstić information content (AvgIpc) is 3.39. The second-order valence-corrected chi connectivity index (χ2v) is 19.8. The predicted molar refractivity (Wildman–Crippen MR) is 247 cm³/mol. The number of nitrogens with one attached hydrogen (secondary N) is 4. The molecule has 0 aromatic carbocycles. The molecule has 0 radical (unpaired) electrons. The molecule has 0 aromatic rings. The largest absolute Gasteiger partial charge is 0.477 e. The molecule has 5 aliphatic heterocycles. The molecule has 0 aromatic heterocycles. The number of ether oxygens (including phenoxy) is 9. The van der Waals surface area contributed by atoms with Gasteiger partial charge in [-0.1, -0.05) is 0 Å². The number of carbonyl (C=O) groups excluding carboxylic acids is 4. The molecule has 36 heteroatoms. The third kappa shape index (κ3) is 14.8. The molecule has 0 spiro atoms. The smallest absolute Gasteiger partial charge is 0.364 e. The van der Waals surface area contributed by atoms with Crippen LogP contribution in [0.15, 0.2) is 0 Å². The van der Waals surface area contributed by atoms with Gasteiger partial charge in [0, 0.05) is 40.5 Å². The summed E-state index contributed by atoms with van der Waals surface area (Å²) in [5.74, 6) is -13.9. The van der Waals surface area contributed by atoms with Crippen LogP contribution in [0.5, 0.6) is 0 Å². The van der Waals surface area contributed by atoms with Crippen LogP contribution in [0, 0.1) is 0 Å². The number of amides is 4. The zero-order valence-electron chi connectivity index (χ0n) is 43.1. The lowest BCUT2D eigenvalue weighted by Crippen LogP contribution is -2.72. The highest BCUT2D eigenvalue weighted by atomic mass is 16.8. The summed E-state index contributed by atoms with van der Waals surface area (Å²) in [6.07, 6.45) is -46.9. The first-order valence-electron chi connectivity index (χ1n) is 24.8. The summed E-state index contributed by atoms with van der Waals surface area (Å²) < 4.78 is 51.6. The SMILES string of the molecule is CC(=O)N[C@@H]1[C@@H](O[C@@H]2O[C@H](CO)[C@@H](O)[C@H](O[C@@H]3O[C@H](CO)[C@H](O)[C@H](O[C@]4(C(=O)O)C[C@H](O)[C@@H](NC(C)=O)[C@H]([C@H](O)[C@H](O)CO)O4)[C@H]3O)[C@H]2NC(C)=O)[C@@H](O)[C@@H](CO[C@]2(C(=O)O)C[C@H](O)[C@@H](NC(C)=O)[C@H]([C@H](O)[C@H](O)CO)O2)O[C@@H]1O. The molecule has 5 aliphatic rings. The van der Waals surface area contributed by atoms with Crippen LogP contribution in [0.3, 0.4) is 0 Å². The monoisotopic (exact) mass is 1170 g/mol. The molecule has 5 saturated heterocycles. The van der Waals surface area contributed by atoms with Crippen LogP contribution in [-0.4, -0.2) is 320 Å². The number of aliphatic hydroxyl groups excluding tert-OH is 15. The van der Waals surface area contributed by atoms with Crippen LogP contribution in [-0.2, 0) is 71.4 Å². The summed E-state index contributed by atoms with van der Waals surface area (Å²) >= 11 is 0. The maximum atomic E-state index is 13.1. The van der Waals surface area contributed by atoms with Crippen molar-refractivity contribution < 1.29 is 158 Å². The Bertz CT molecular complexity index is 2120. The molecule has 0 bridgehead atoms. The number of hydrogen-bond donors (Lipinski definition) is 21. The Balaban J connectivity index is 1.48. The van der Waals surface area contributed by atoms with Gasteiger partial charge in [-0.05, 0) is 0 Å². The Morgan fingerprint density at radius 3 is 1.35 bits per heavy atom. The van der Waals surface area contributed by atoms with Crippen LogP contribution < -0.4 is 21.3 Å². The fraction of sp³-hybridized carbons (Fsp3) is 0.864. The number of hydrogen-bond acceptors (Lipinski definition) is 30. The maximum absolute atomic E-state index is 13.1. The first-order chi connectivity index (χ1) is 37.4. The molecule has 5 rings (SSSR count). The zero-order valence-corrected chi connectivity index (χ0v) is 43.1. The molecule has 5 fully saturated rings. The fourth-order valence-electron chi connectivity index (χ4n) is 9.93. The van der Waals surface area contributed by atoms with E-state index >= 15 is 0 Å². The molecule has 0 unspecified atom stereocenters. The summed E-state index contributed by atoms with van der Waals surface area (Å²) in [5, 5.41) is 193. The number of carboxylic acids is 2. The Morgan fingerprint density at radius 2 is 0.900 bits per heavy atom. The van der Waals surface area contributed by atoms with E-state index in [1.165, 1.54) is 0 Å². The lowest BCUT2D eigenvalue weighted by molar-refractivity contribution is -0.384. The Hall–Kier alpha value is -4.14. The van der Waals surface area contributed by atoms with Gasteiger partial charge in [0.15, 0.2) is 18.9 Å². The average molecular weight is 1170 g/mol. The Labute approximate surface area is 452 Å². The molecule has 21 N–H and O–H groups in total. The summed E-state index contributed by atoms with van der Waals surface area (Å²) in [6, 6.07) is -7.11. The number of aliphatic carboxylic acids is 2. The van der Waals surface area contributed by atoms with Crippen molar-refractivity contribution in [3.05, 3.63) is 0 Å². The van der Waals surface area contributed by atoms with E-state index in [0.29, 0.717) is 0 Å². The topological polar surface area (TPSA) is 578 Å². The van der Waals surface area contributed by atoms with Gasteiger partial charge in [-0.3, -0.25) is 19.2 Å². The van der Waals surface area contributed by atoms with Crippen molar-refractivity contribution in [2.75, 3.05) is 33.0 Å². The second kappa shape index (κ2) is 28.0. The van der Waals surface area contributed by atoms with E-state index in [-0.39, 0.29) is 0 Å². The molecule has 27 atom stereocenters. The highest BCUT2D eigenvalue weighted by molar-refractivity contribution is 5.77. The second-order valence-electron chi connectivity index (χ2n) is 19.8. The van der Waals surface area contributed by atoms with Crippen molar-refractivity contribution in [1.29, 1.82) is 0 Å². The van der Waals surface area contributed by atoms with E-state index < -0.39 is 246 Å². The molecule has 36 nitrogen and oxygen atoms in total. The van der Waals surface area contributed by atoms with Crippen molar-refractivity contribution >= 4 is 35.6 Å².